The van der Waals surface area contributed by atoms with Crippen LogP contribution in [0.15, 0.2) is 58.4 Å². The van der Waals surface area contributed by atoms with E-state index in [1.54, 1.807) is 12.4 Å². The second-order valence-corrected chi connectivity index (χ2v) is 5.84. The summed E-state index contributed by atoms with van der Waals surface area (Å²) in [5, 5.41) is 8.64. The van der Waals surface area contributed by atoms with Crippen molar-refractivity contribution in [2.75, 3.05) is 6.61 Å². The molecular weight excluding hydrogens is 314 g/mol. The van der Waals surface area contributed by atoms with Gasteiger partial charge in [-0.1, -0.05) is 23.9 Å². The maximum Gasteiger partial charge on any atom is 0.277 e. The SMILES string of the molecule is c1ccc2c(c1)OC[C@H](c1nnc(SCc3ccncc3)o1)O2. The van der Waals surface area contributed by atoms with Gasteiger partial charge in [0.1, 0.15) is 6.61 Å². The van der Waals surface area contributed by atoms with E-state index in [2.05, 4.69) is 15.2 Å². The molecule has 2 aromatic heterocycles. The van der Waals surface area contributed by atoms with Crippen LogP contribution in [0.1, 0.15) is 17.6 Å². The molecule has 0 spiro atoms. The van der Waals surface area contributed by atoms with Crippen LogP contribution in [-0.2, 0) is 5.75 Å². The summed E-state index contributed by atoms with van der Waals surface area (Å²) >= 11 is 1.48. The van der Waals surface area contributed by atoms with Crippen LogP contribution in [0, 0.1) is 0 Å². The molecule has 3 heterocycles. The number of pyridine rings is 1. The molecule has 0 saturated heterocycles. The van der Waals surface area contributed by atoms with Crippen LogP contribution in [0.25, 0.3) is 0 Å². The number of aromatic nitrogens is 3. The van der Waals surface area contributed by atoms with E-state index in [0.29, 0.717) is 23.5 Å². The van der Waals surface area contributed by atoms with Gasteiger partial charge in [0.25, 0.3) is 11.1 Å². The first-order valence-corrected chi connectivity index (χ1v) is 8.10. The Bertz CT molecular complexity index is 794. The third-order valence-electron chi connectivity index (χ3n) is 3.32. The molecule has 0 amide bonds. The van der Waals surface area contributed by atoms with Crippen LogP contribution in [0.2, 0.25) is 0 Å². The molecule has 7 heteroatoms. The molecule has 23 heavy (non-hydrogen) atoms. The minimum atomic E-state index is -0.382. The van der Waals surface area contributed by atoms with E-state index < -0.39 is 0 Å². The lowest BCUT2D eigenvalue weighted by atomic mass is 10.2. The normalized spacial score (nSPS) is 16.3. The maximum absolute atomic E-state index is 5.86. The van der Waals surface area contributed by atoms with E-state index >= 15 is 0 Å². The summed E-state index contributed by atoms with van der Waals surface area (Å²) in [6.45, 7) is 0.355. The number of benzene rings is 1. The molecule has 0 aliphatic carbocycles. The van der Waals surface area contributed by atoms with E-state index in [-0.39, 0.29) is 6.10 Å². The van der Waals surface area contributed by atoms with E-state index in [4.69, 9.17) is 13.9 Å². The van der Waals surface area contributed by atoms with Crippen LogP contribution >= 0.6 is 11.8 Å². The summed E-state index contributed by atoms with van der Waals surface area (Å²) in [4.78, 5) is 3.99. The monoisotopic (exact) mass is 327 g/mol. The Kier molecular flexibility index (Phi) is 3.85. The predicted molar refractivity (Wildman–Crippen MR) is 83.4 cm³/mol. The van der Waals surface area contributed by atoms with Crippen molar-refractivity contribution in [3.63, 3.8) is 0 Å². The van der Waals surface area contributed by atoms with E-state index in [0.717, 1.165) is 17.1 Å². The molecule has 1 aliphatic rings. The highest BCUT2D eigenvalue weighted by atomic mass is 32.2. The quantitative estimate of drug-likeness (QED) is 0.681. The third-order valence-corrected chi connectivity index (χ3v) is 4.21. The van der Waals surface area contributed by atoms with Crippen LogP contribution in [0.3, 0.4) is 0 Å². The number of thioether (sulfide) groups is 1. The lowest BCUT2D eigenvalue weighted by Crippen LogP contribution is -2.21. The van der Waals surface area contributed by atoms with Crippen molar-refractivity contribution in [3.05, 3.63) is 60.2 Å². The van der Waals surface area contributed by atoms with Crippen LogP contribution in [0.4, 0.5) is 0 Å². The van der Waals surface area contributed by atoms with Crippen LogP contribution < -0.4 is 9.47 Å². The smallest absolute Gasteiger partial charge is 0.277 e. The van der Waals surface area contributed by atoms with Crippen LogP contribution in [0.5, 0.6) is 11.5 Å². The molecule has 0 bridgehead atoms. The van der Waals surface area contributed by atoms with Gasteiger partial charge in [-0.3, -0.25) is 4.98 Å². The van der Waals surface area contributed by atoms with Gasteiger partial charge < -0.3 is 13.9 Å². The Balaban J connectivity index is 1.42. The van der Waals surface area contributed by atoms with Crippen molar-refractivity contribution < 1.29 is 13.9 Å². The molecule has 4 rings (SSSR count). The molecule has 116 valence electrons. The molecule has 1 aliphatic heterocycles. The van der Waals surface area contributed by atoms with Crippen molar-refractivity contribution in [3.8, 4) is 11.5 Å². The van der Waals surface area contributed by atoms with Gasteiger partial charge in [0.15, 0.2) is 11.5 Å². The summed E-state index contributed by atoms with van der Waals surface area (Å²) in [7, 11) is 0. The highest BCUT2D eigenvalue weighted by Gasteiger charge is 2.27. The molecule has 0 N–H and O–H groups in total. The van der Waals surface area contributed by atoms with Gasteiger partial charge >= 0.3 is 0 Å². The van der Waals surface area contributed by atoms with Crippen molar-refractivity contribution in [2.24, 2.45) is 0 Å². The topological polar surface area (TPSA) is 70.3 Å². The van der Waals surface area contributed by atoms with Gasteiger partial charge in [-0.25, -0.2) is 0 Å². The van der Waals surface area contributed by atoms with Crippen molar-refractivity contribution in [1.82, 2.24) is 15.2 Å². The number of para-hydroxylation sites is 2. The zero-order chi connectivity index (χ0) is 15.5. The van der Waals surface area contributed by atoms with Crippen molar-refractivity contribution in [1.29, 1.82) is 0 Å². The lowest BCUT2D eigenvalue weighted by molar-refractivity contribution is 0.0686. The Morgan fingerprint density at radius 3 is 2.74 bits per heavy atom. The predicted octanol–water partition coefficient (Wildman–Crippen LogP) is 3.27. The Morgan fingerprint density at radius 1 is 1.04 bits per heavy atom. The Labute approximate surface area is 136 Å². The fourth-order valence-electron chi connectivity index (χ4n) is 2.17. The number of rotatable bonds is 4. The van der Waals surface area contributed by atoms with Crippen molar-refractivity contribution >= 4 is 11.8 Å². The van der Waals surface area contributed by atoms with Gasteiger partial charge in [-0.05, 0) is 29.8 Å². The number of hydrogen-bond donors (Lipinski definition) is 0. The standard InChI is InChI=1S/C16H13N3O3S/c1-2-4-13-12(3-1)20-9-14(21-13)15-18-19-16(22-15)23-10-11-5-7-17-8-6-11/h1-8,14H,9-10H2/t14-/m1/s1. The van der Waals surface area contributed by atoms with Gasteiger partial charge in [-0.2, -0.15) is 0 Å². The van der Waals surface area contributed by atoms with E-state index in [1.165, 1.54) is 11.8 Å². The molecular formula is C16H13N3O3S. The van der Waals surface area contributed by atoms with E-state index in [9.17, 15) is 0 Å². The highest BCUT2D eigenvalue weighted by Crippen LogP contribution is 2.36. The first kappa shape index (κ1) is 14.1. The molecule has 1 aromatic carbocycles. The average molecular weight is 327 g/mol. The number of fused-ring (bicyclic) bond motifs is 1. The lowest BCUT2D eigenvalue weighted by Gasteiger charge is -2.23. The number of hydrogen-bond acceptors (Lipinski definition) is 7. The molecule has 3 aromatic rings. The molecule has 0 unspecified atom stereocenters. The fraction of sp³-hybridized carbons (Fsp3) is 0.188. The third kappa shape index (κ3) is 3.14. The first-order valence-electron chi connectivity index (χ1n) is 7.12. The number of nitrogens with zero attached hydrogens (tertiary/aromatic N) is 3. The maximum atomic E-state index is 5.86. The van der Waals surface area contributed by atoms with Gasteiger partial charge in [0.2, 0.25) is 6.10 Å². The summed E-state index contributed by atoms with van der Waals surface area (Å²) < 4.78 is 17.2. The largest absolute Gasteiger partial charge is 0.485 e. The zero-order valence-corrected chi connectivity index (χ0v) is 12.9. The summed E-state index contributed by atoms with van der Waals surface area (Å²) in [5.41, 5.74) is 1.15. The van der Waals surface area contributed by atoms with Crippen LogP contribution in [-0.4, -0.2) is 21.8 Å². The number of ether oxygens (including phenoxy) is 2. The first-order chi connectivity index (χ1) is 11.4. The fourth-order valence-corrected chi connectivity index (χ4v) is 2.90. The Hall–Kier alpha value is -2.54. The van der Waals surface area contributed by atoms with Gasteiger partial charge in [0, 0.05) is 18.1 Å². The van der Waals surface area contributed by atoms with Crippen molar-refractivity contribution in [2.45, 2.75) is 17.1 Å². The molecule has 1 atom stereocenters. The van der Waals surface area contributed by atoms with Gasteiger partial charge in [-0.15, -0.1) is 10.2 Å². The average Bonchev–Trinajstić information content (AvgIpc) is 3.09. The van der Waals surface area contributed by atoms with E-state index in [1.807, 2.05) is 36.4 Å². The zero-order valence-electron chi connectivity index (χ0n) is 12.1. The molecule has 0 fully saturated rings. The summed E-state index contributed by atoms with van der Waals surface area (Å²) in [5.74, 6) is 2.59. The second kappa shape index (κ2) is 6.29. The molecule has 6 nitrogen and oxygen atoms in total. The van der Waals surface area contributed by atoms with Gasteiger partial charge in [0.05, 0.1) is 0 Å². The molecule has 0 radical (unpaired) electrons. The summed E-state index contributed by atoms with van der Waals surface area (Å²) in [6.07, 6.45) is 3.15. The minimum absolute atomic E-state index is 0.355. The minimum Gasteiger partial charge on any atom is -0.485 e. The highest BCUT2D eigenvalue weighted by molar-refractivity contribution is 7.98. The molecule has 0 saturated carbocycles. The second-order valence-electron chi connectivity index (χ2n) is 4.91. The Morgan fingerprint density at radius 2 is 1.87 bits per heavy atom. The summed E-state index contributed by atoms with van der Waals surface area (Å²) in [6, 6.07) is 11.4.